The lowest BCUT2D eigenvalue weighted by Crippen LogP contribution is -2.40. The van der Waals surface area contributed by atoms with Crippen LogP contribution in [0.25, 0.3) is 0 Å². The molecule has 15 heavy (non-hydrogen) atoms. The Morgan fingerprint density at radius 1 is 1.60 bits per heavy atom. The third-order valence-electron chi connectivity index (χ3n) is 1.06. The summed E-state index contributed by atoms with van der Waals surface area (Å²) in [6, 6.07) is 0. The number of aliphatic imine (C=N–C) groups is 1. The molecule has 0 aliphatic heterocycles. The minimum absolute atomic E-state index is 0. The van der Waals surface area contributed by atoms with E-state index in [0.29, 0.717) is 6.54 Å². The van der Waals surface area contributed by atoms with E-state index >= 15 is 0 Å². The van der Waals surface area contributed by atoms with Crippen molar-refractivity contribution < 1.29 is 9.90 Å². The normalized spacial score (nSPS) is 9.00. The molecule has 0 aliphatic carbocycles. The molecule has 0 heterocycles. The van der Waals surface area contributed by atoms with Gasteiger partial charge in [-0.2, -0.15) is 0 Å². The van der Waals surface area contributed by atoms with Crippen LogP contribution in [0, 0.1) is 5.41 Å². The lowest BCUT2D eigenvalue weighted by molar-refractivity contribution is -0.122. The molecule has 0 aromatic heterocycles. The van der Waals surface area contributed by atoms with Crippen molar-refractivity contribution in [3.05, 3.63) is 0 Å². The van der Waals surface area contributed by atoms with Crippen molar-refractivity contribution in [2.24, 2.45) is 16.5 Å². The van der Waals surface area contributed by atoms with E-state index in [9.17, 15) is 0 Å². The lowest BCUT2D eigenvalue weighted by atomic mass is 10.3. The molecule has 0 atom stereocenters. The number of rotatable bonds is 3. The highest BCUT2D eigenvalue weighted by molar-refractivity contribution is 5.95. The Balaban J connectivity index is -0.000000320. The first-order chi connectivity index (χ1) is 6.58. The van der Waals surface area contributed by atoms with Crippen LogP contribution in [-0.4, -0.2) is 30.0 Å². The topological polar surface area (TPSA) is 138 Å². The Labute approximate surface area is 94.9 Å². The summed E-state index contributed by atoms with van der Waals surface area (Å²) in [5.74, 6) is 0.0358. The van der Waals surface area contributed by atoms with Crippen molar-refractivity contribution >= 4 is 30.8 Å². The van der Waals surface area contributed by atoms with Crippen molar-refractivity contribution in [1.29, 1.82) is 5.41 Å². The Bertz CT molecular complexity index is 198. The highest BCUT2D eigenvalue weighted by Crippen LogP contribution is 1.85. The fraction of sp³-hybridized carbons (Fsp3) is 0.571. The molecule has 0 rings (SSSR count). The predicted molar refractivity (Wildman–Crippen MR) is 62.4 cm³/mol. The van der Waals surface area contributed by atoms with Gasteiger partial charge in [-0.25, -0.2) is 0 Å². The van der Waals surface area contributed by atoms with Crippen LogP contribution < -0.4 is 16.8 Å². The van der Waals surface area contributed by atoms with Crippen LogP contribution in [0.4, 0.5) is 0 Å². The third kappa shape index (κ3) is 24.5. The zero-order valence-electron chi connectivity index (χ0n) is 8.56. The molecule has 0 bridgehead atoms. The standard InChI is InChI=1S/C6H15N5.CH2O2.ClH/c1-2-3-4-10-6(9)11-5(7)8;2-1-3;/h2-4H2,1H3,(H6,7,8,9,10,11);1H,(H,2,3);1H. The fourth-order valence-electron chi connectivity index (χ4n) is 0.535. The lowest BCUT2D eigenvalue weighted by Gasteiger charge is -2.00. The van der Waals surface area contributed by atoms with Gasteiger partial charge in [-0.1, -0.05) is 13.3 Å². The number of nitrogens with two attached hydrogens (primary N) is 2. The molecular weight excluding hydrogens is 222 g/mol. The maximum atomic E-state index is 8.36. The number of carboxylic acid groups (broad SMARTS) is 1. The maximum absolute atomic E-state index is 8.36. The van der Waals surface area contributed by atoms with E-state index in [2.05, 4.69) is 17.2 Å². The second-order valence-corrected chi connectivity index (χ2v) is 2.26. The number of hydrogen-bond donors (Lipinski definition) is 5. The van der Waals surface area contributed by atoms with E-state index in [1.807, 2.05) is 0 Å². The Hall–Kier alpha value is -1.50. The van der Waals surface area contributed by atoms with Gasteiger partial charge in [0.05, 0.1) is 0 Å². The molecule has 90 valence electrons. The van der Waals surface area contributed by atoms with Gasteiger partial charge in [-0.3, -0.25) is 20.5 Å². The molecule has 0 amide bonds. The first-order valence-corrected chi connectivity index (χ1v) is 4.07. The summed E-state index contributed by atoms with van der Waals surface area (Å²) in [6.45, 7) is 2.51. The summed E-state index contributed by atoms with van der Waals surface area (Å²) < 4.78 is 0. The molecule has 0 spiro atoms. The van der Waals surface area contributed by atoms with Gasteiger partial charge in [0, 0.05) is 6.54 Å². The Kier molecular flexibility index (Phi) is 19.1. The second kappa shape index (κ2) is 15.0. The molecular formula is C7H18ClN5O2. The van der Waals surface area contributed by atoms with Gasteiger partial charge in [0.15, 0.2) is 11.9 Å². The predicted octanol–water partition coefficient (Wildman–Crippen LogP) is -0.293. The molecule has 0 unspecified atom stereocenters. The van der Waals surface area contributed by atoms with Crippen LogP contribution in [0.2, 0.25) is 0 Å². The minimum Gasteiger partial charge on any atom is -0.483 e. The molecule has 0 aromatic carbocycles. The summed E-state index contributed by atoms with van der Waals surface area (Å²) in [7, 11) is 0. The molecule has 0 fully saturated rings. The molecule has 0 aromatic rings. The molecule has 0 saturated heterocycles. The highest BCUT2D eigenvalue weighted by Gasteiger charge is 1.90. The van der Waals surface area contributed by atoms with E-state index in [-0.39, 0.29) is 30.8 Å². The van der Waals surface area contributed by atoms with Crippen LogP contribution in [0.5, 0.6) is 0 Å². The van der Waals surface area contributed by atoms with Gasteiger partial charge in [0.1, 0.15) is 0 Å². The highest BCUT2D eigenvalue weighted by atomic mass is 35.5. The minimum atomic E-state index is -0.250. The van der Waals surface area contributed by atoms with Crippen LogP contribution in [0.15, 0.2) is 4.99 Å². The van der Waals surface area contributed by atoms with Crippen LogP contribution in [0.1, 0.15) is 19.8 Å². The zero-order chi connectivity index (χ0) is 11.4. The number of unbranched alkanes of at least 4 members (excludes halogenated alkanes) is 1. The first kappa shape index (κ1) is 19.1. The van der Waals surface area contributed by atoms with Crippen molar-refractivity contribution in [3.63, 3.8) is 0 Å². The second-order valence-electron chi connectivity index (χ2n) is 2.26. The van der Waals surface area contributed by atoms with E-state index in [1.165, 1.54) is 0 Å². The molecule has 7 N–H and O–H groups in total. The molecule has 0 aliphatic rings. The molecule has 0 radical (unpaired) electrons. The summed E-state index contributed by atoms with van der Waals surface area (Å²) >= 11 is 0. The van der Waals surface area contributed by atoms with Gasteiger partial charge in [0.25, 0.3) is 6.47 Å². The average molecular weight is 240 g/mol. The van der Waals surface area contributed by atoms with Crippen molar-refractivity contribution in [1.82, 2.24) is 5.32 Å². The van der Waals surface area contributed by atoms with Crippen molar-refractivity contribution in [2.45, 2.75) is 19.8 Å². The van der Waals surface area contributed by atoms with Crippen LogP contribution >= 0.6 is 12.4 Å². The third-order valence-corrected chi connectivity index (χ3v) is 1.06. The zero-order valence-corrected chi connectivity index (χ0v) is 9.38. The van der Waals surface area contributed by atoms with Gasteiger partial charge < -0.3 is 16.6 Å². The van der Waals surface area contributed by atoms with E-state index < -0.39 is 0 Å². The summed E-state index contributed by atoms with van der Waals surface area (Å²) in [6.07, 6.45) is 2.08. The SMILES string of the molecule is CCCCN=C(N)NC(=N)N.Cl.O=CO. The number of guanidine groups is 2. The number of hydrogen-bond acceptors (Lipinski definition) is 3. The quantitative estimate of drug-likeness (QED) is 0.199. The summed E-state index contributed by atoms with van der Waals surface area (Å²) in [5, 5.41) is 16.1. The van der Waals surface area contributed by atoms with Crippen molar-refractivity contribution in [3.8, 4) is 0 Å². The Morgan fingerprint density at radius 3 is 2.40 bits per heavy atom. The van der Waals surface area contributed by atoms with E-state index in [0.717, 1.165) is 12.8 Å². The van der Waals surface area contributed by atoms with Crippen molar-refractivity contribution in [2.75, 3.05) is 6.54 Å². The Morgan fingerprint density at radius 2 is 2.07 bits per heavy atom. The molecule has 0 saturated carbocycles. The van der Waals surface area contributed by atoms with Crippen LogP contribution in [0.3, 0.4) is 0 Å². The fourth-order valence-corrected chi connectivity index (χ4v) is 0.535. The van der Waals surface area contributed by atoms with Gasteiger partial charge in [0.2, 0.25) is 0 Å². The molecule has 8 heteroatoms. The summed E-state index contributed by atoms with van der Waals surface area (Å²) in [4.78, 5) is 12.3. The average Bonchev–Trinajstić information content (AvgIpc) is 2.04. The van der Waals surface area contributed by atoms with Gasteiger partial charge >= 0.3 is 0 Å². The number of halogens is 1. The monoisotopic (exact) mass is 239 g/mol. The first-order valence-electron chi connectivity index (χ1n) is 4.07. The van der Waals surface area contributed by atoms with E-state index in [4.69, 9.17) is 26.8 Å². The smallest absolute Gasteiger partial charge is 0.290 e. The van der Waals surface area contributed by atoms with Crippen LogP contribution in [-0.2, 0) is 4.79 Å². The molecule has 7 nitrogen and oxygen atoms in total. The largest absolute Gasteiger partial charge is 0.483 e. The van der Waals surface area contributed by atoms with Gasteiger partial charge in [-0.05, 0) is 6.42 Å². The number of nitrogens with zero attached hydrogens (tertiary/aromatic N) is 1. The van der Waals surface area contributed by atoms with Gasteiger partial charge in [-0.15, -0.1) is 12.4 Å². The number of nitrogens with one attached hydrogen (secondary N) is 2. The maximum Gasteiger partial charge on any atom is 0.290 e. The summed E-state index contributed by atoms with van der Waals surface area (Å²) in [5.41, 5.74) is 10.3. The number of carbonyl (C=O) groups is 1. The van der Waals surface area contributed by atoms with E-state index in [1.54, 1.807) is 0 Å².